The van der Waals surface area contributed by atoms with E-state index in [1.54, 1.807) is 13.4 Å². The lowest BCUT2D eigenvalue weighted by molar-refractivity contribution is 0.321. The van der Waals surface area contributed by atoms with Gasteiger partial charge in [-0.05, 0) is 23.1 Å². The van der Waals surface area contributed by atoms with E-state index in [-0.39, 0.29) is 5.41 Å². The molecule has 0 aliphatic carbocycles. The van der Waals surface area contributed by atoms with Gasteiger partial charge in [0, 0.05) is 26.6 Å². The summed E-state index contributed by atoms with van der Waals surface area (Å²) in [5, 5.41) is 14.6. The summed E-state index contributed by atoms with van der Waals surface area (Å²) in [5.41, 5.74) is 1.46. The quantitative estimate of drug-likeness (QED) is 0.423. The van der Waals surface area contributed by atoms with Gasteiger partial charge in [0.2, 0.25) is 0 Å². The molecule has 0 saturated carbocycles. The molecule has 0 aliphatic heterocycles. The minimum atomic E-state index is 0.156. The van der Waals surface area contributed by atoms with E-state index in [0.717, 1.165) is 37.0 Å². The third-order valence-corrected chi connectivity index (χ3v) is 4.26. The number of hydrogen-bond donors (Lipinski definition) is 2. The Morgan fingerprint density at radius 1 is 1.15 bits per heavy atom. The molecule has 0 amide bonds. The zero-order valence-corrected chi connectivity index (χ0v) is 17.1. The van der Waals surface area contributed by atoms with Gasteiger partial charge in [0.05, 0.1) is 6.54 Å². The minimum Gasteiger partial charge on any atom is -0.492 e. The SMILES string of the molecule is CCc1nncn1CCNC(=NC)NCCOc1ccc(C(C)(C)C)cc1. The maximum atomic E-state index is 5.80. The molecule has 0 atom stereocenters. The predicted octanol–water partition coefficient (Wildman–Crippen LogP) is 2.38. The van der Waals surface area contributed by atoms with E-state index in [2.05, 4.69) is 65.7 Å². The molecule has 0 saturated heterocycles. The first kappa shape index (κ1) is 20.7. The van der Waals surface area contributed by atoms with Gasteiger partial charge in [-0.3, -0.25) is 4.99 Å². The molecule has 0 bridgehead atoms. The largest absolute Gasteiger partial charge is 0.492 e. The van der Waals surface area contributed by atoms with Crippen LogP contribution in [0.3, 0.4) is 0 Å². The Bertz CT molecular complexity index is 715. The summed E-state index contributed by atoms with van der Waals surface area (Å²) >= 11 is 0. The van der Waals surface area contributed by atoms with Gasteiger partial charge >= 0.3 is 0 Å². The van der Waals surface area contributed by atoms with E-state index in [0.29, 0.717) is 13.2 Å². The Morgan fingerprint density at radius 3 is 2.48 bits per heavy atom. The Labute approximate surface area is 162 Å². The van der Waals surface area contributed by atoms with Gasteiger partial charge in [0.15, 0.2) is 5.96 Å². The van der Waals surface area contributed by atoms with Crippen LogP contribution in [0.25, 0.3) is 0 Å². The fraction of sp³-hybridized carbons (Fsp3) is 0.550. The first-order valence-corrected chi connectivity index (χ1v) is 9.48. The molecule has 1 heterocycles. The van der Waals surface area contributed by atoms with Crippen LogP contribution in [0.1, 0.15) is 39.1 Å². The molecule has 148 valence electrons. The summed E-state index contributed by atoms with van der Waals surface area (Å²) in [6.07, 6.45) is 2.64. The number of aryl methyl sites for hydroxylation is 1. The molecule has 2 rings (SSSR count). The third-order valence-electron chi connectivity index (χ3n) is 4.26. The van der Waals surface area contributed by atoms with Crippen molar-refractivity contribution >= 4 is 5.96 Å². The highest BCUT2D eigenvalue weighted by molar-refractivity contribution is 5.79. The maximum absolute atomic E-state index is 5.80. The van der Waals surface area contributed by atoms with Crippen LogP contribution >= 0.6 is 0 Å². The Morgan fingerprint density at radius 2 is 1.85 bits per heavy atom. The van der Waals surface area contributed by atoms with Crippen LogP contribution in [0.5, 0.6) is 5.75 Å². The molecule has 1 aromatic heterocycles. The molecule has 0 spiro atoms. The summed E-state index contributed by atoms with van der Waals surface area (Å²) in [7, 11) is 1.76. The first-order valence-electron chi connectivity index (χ1n) is 9.48. The van der Waals surface area contributed by atoms with E-state index in [9.17, 15) is 0 Å². The van der Waals surface area contributed by atoms with Crippen molar-refractivity contribution in [2.24, 2.45) is 4.99 Å². The summed E-state index contributed by atoms with van der Waals surface area (Å²) in [6.45, 7) is 11.5. The molecule has 0 aliphatic rings. The third kappa shape index (κ3) is 6.58. The number of benzene rings is 1. The average Bonchev–Trinajstić information content (AvgIpc) is 3.10. The molecular weight excluding hydrogens is 340 g/mol. The van der Waals surface area contributed by atoms with Gasteiger partial charge in [-0.25, -0.2) is 0 Å². The molecule has 2 N–H and O–H groups in total. The second kappa shape index (κ2) is 9.94. The standard InChI is InChI=1S/C20H32N6O/c1-6-18-25-24-15-26(18)13-11-22-19(21-5)23-12-14-27-17-9-7-16(8-10-17)20(2,3)4/h7-10,15H,6,11-14H2,1-5H3,(H2,21,22,23). The van der Waals surface area contributed by atoms with Gasteiger partial charge in [0.1, 0.15) is 24.5 Å². The molecule has 7 heteroatoms. The van der Waals surface area contributed by atoms with Crippen LogP contribution in [-0.4, -0.2) is 47.5 Å². The molecule has 0 unspecified atom stereocenters. The Kier molecular flexibility index (Phi) is 7.64. The van der Waals surface area contributed by atoms with Crippen molar-refractivity contribution in [2.75, 3.05) is 26.7 Å². The van der Waals surface area contributed by atoms with Crippen LogP contribution in [0.4, 0.5) is 0 Å². The molecule has 27 heavy (non-hydrogen) atoms. The van der Waals surface area contributed by atoms with Crippen molar-refractivity contribution in [3.8, 4) is 5.75 Å². The van der Waals surface area contributed by atoms with Gasteiger partial charge in [-0.2, -0.15) is 0 Å². The normalized spacial score (nSPS) is 12.1. The number of guanidine groups is 1. The van der Waals surface area contributed by atoms with Crippen molar-refractivity contribution in [1.82, 2.24) is 25.4 Å². The fourth-order valence-electron chi connectivity index (χ4n) is 2.64. The fourth-order valence-corrected chi connectivity index (χ4v) is 2.64. The molecule has 7 nitrogen and oxygen atoms in total. The van der Waals surface area contributed by atoms with E-state index < -0.39 is 0 Å². The van der Waals surface area contributed by atoms with Gasteiger partial charge in [-0.15, -0.1) is 10.2 Å². The summed E-state index contributed by atoms with van der Waals surface area (Å²) in [6, 6.07) is 8.30. The molecule has 2 aromatic rings. The Hall–Kier alpha value is -2.57. The molecule has 1 aromatic carbocycles. The van der Waals surface area contributed by atoms with Crippen molar-refractivity contribution in [1.29, 1.82) is 0 Å². The highest BCUT2D eigenvalue weighted by Gasteiger charge is 2.12. The number of nitrogens with zero attached hydrogens (tertiary/aromatic N) is 4. The highest BCUT2D eigenvalue weighted by atomic mass is 16.5. The summed E-state index contributed by atoms with van der Waals surface area (Å²) in [4.78, 5) is 4.23. The van der Waals surface area contributed by atoms with Crippen molar-refractivity contribution in [2.45, 2.75) is 46.1 Å². The lowest BCUT2D eigenvalue weighted by Crippen LogP contribution is -2.40. The van der Waals surface area contributed by atoms with Crippen molar-refractivity contribution in [3.05, 3.63) is 42.0 Å². The van der Waals surface area contributed by atoms with Crippen LogP contribution in [0, 0.1) is 0 Å². The van der Waals surface area contributed by atoms with E-state index in [1.165, 1.54) is 5.56 Å². The first-order chi connectivity index (χ1) is 12.9. The van der Waals surface area contributed by atoms with Crippen molar-refractivity contribution in [3.63, 3.8) is 0 Å². The monoisotopic (exact) mass is 372 g/mol. The molecule has 0 radical (unpaired) electrons. The number of aromatic nitrogens is 3. The van der Waals surface area contributed by atoms with Crippen LogP contribution < -0.4 is 15.4 Å². The maximum Gasteiger partial charge on any atom is 0.191 e. The second-order valence-corrected chi connectivity index (χ2v) is 7.34. The van der Waals surface area contributed by atoms with Gasteiger partial charge in [-0.1, -0.05) is 39.8 Å². The highest BCUT2D eigenvalue weighted by Crippen LogP contribution is 2.24. The molecular formula is C20H32N6O. The number of hydrogen-bond acceptors (Lipinski definition) is 4. The number of ether oxygens (including phenoxy) is 1. The van der Waals surface area contributed by atoms with E-state index in [4.69, 9.17) is 4.74 Å². The zero-order chi connectivity index (χ0) is 19.7. The number of rotatable bonds is 8. The lowest BCUT2D eigenvalue weighted by Gasteiger charge is -2.19. The van der Waals surface area contributed by atoms with Crippen LogP contribution in [-0.2, 0) is 18.4 Å². The average molecular weight is 373 g/mol. The summed E-state index contributed by atoms with van der Waals surface area (Å²) in [5.74, 6) is 2.63. The Balaban J connectivity index is 1.67. The summed E-state index contributed by atoms with van der Waals surface area (Å²) < 4.78 is 7.84. The minimum absolute atomic E-state index is 0.156. The van der Waals surface area contributed by atoms with Crippen LogP contribution in [0.2, 0.25) is 0 Å². The van der Waals surface area contributed by atoms with Gasteiger partial charge in [0.25, 0.3) is 0 Å². The van der Waals surface area contributed by atoms with Crippen molar-refractivity contribution < 1.29 is 4.74 Å². The smallest absolute Gasteiger partial charge is 0.191 e. The van der Waals surface area contributed by atoms with Crippen LogP contribution in [0.15, 0.2) is 35.6 Å². The second-order valence-electron chi connectivity index (χ2n) is 7.34. The van der Waals surface area contributed by atoms with Gasteiger partial charge < -0.3 is 19.9 Å². The van der Waals surface area contributed by atoms with E-state index in [1.807, 2.05) is 16.7 Å². The zero-order valence-electron chi connectivity index (χ0n) is 17.1. The number of aliphatic imine (C=N–C) groups is 1. The number of nitrogens with one attached hydrogen (secondary N) is 2. The topological polar surface area (TPSA) is 76.4 Å². The predicted molar refractivity (Wildman–Crippen MR) is 109 cm³/mol. The van der Waals surface area contributed by atoms with E-state index >= 15 is 0 Å². The molecule has 0 fully saturated rings. The lowest BCUT2D eigenvalue weighted by atomic mass is 9.87.